The number of benzene rings is 2. The lowest BCUT2D eigenvalue weighted by Gasteiger charge is -2.27. The van der Waals surface area contributed by atoms with Gasteiger partial charge in [0, 0.05) is 37.4 Å². The third-order valence-corrected chi connectivity index (χ3v) is 7.00. The van der Waals surface area contributed by atoms with Gasteiger partial charge in [0.2, 0.25) is 0 Å². The lowest BCUT2D eigenvalue weighted by Crippen LogP contribution is -2.39. The van der Waals surface area contributed by atoms with Gasteiger partial charge in [-0.05, 0) is 65.8 Å². The Balaban J connectivity index is 1.53. The van der Waals surface area contributed by atoms with Crippen LogP contribution in [0.3, 0.4) is 0 Å². The maximum absolute atomic E-state index is 14.0. The van der Waals surface area contributed by atoms with Gasteiger partial charge in [0.05, 0.1) is 5.56 Å². The Morgan fingerprint density at radius 1 is 0.947 bits per heavy atom. The molecule has 11 heteroatoms. The second-order valence-electron chi connectivity index (χ2n) is 9.50. The van der Waals surface area contributed by atoms with Crippen molar-refractivity contribution in [3.05, 3.63) is 76.4 Å². The van der Waals surface area contributed by atoms with Crippen LogP contribution in [0, 0.1) is 17.7 Å². The monoisotopic (exact) mass is 527 g/mol. The highest BCUT2D eigenvalue weighted by molar-refractivity contribution is 5.78. The summed E-state index contributed by atoms with van der Waals surface area (Å²) in [6.45, 7) is 3.91. The van der Waals surface area contributed by atoms with E-state index >= 15 is 0 Å². The molecular weight excluding hydrogens is 495 g/mol. The Bertz CT molecular complexity index is 1300. The van der Waals surface area contributed by atoms with Gasteiger partial charge in [-0.3, -0.25) is 10.8 Å². The molecule has 0 bridgehead atoms. The highest BCUT2D eigenvalue weighted by Gasteiger charge is 2.36. The van der Waals surface area contributed by atoms with Gasteiger partial charge in [0.25, 0.3) is 0 Å². The predicted molar refractivity (Wildman–Crippen MR) is 143 cm³/mol. The van der Waals surface area contributed by atoms with E-state index in [9.17, 15) is 18.3 Å². The fourth-order valence-corrected chi connectivity index (χ4v) is 4.87. The topological polar surface area (TPSA) is 138 Å². The first kappa shape index (κ1) is 27.1. The summed E-state index contributed by atoms with van der Waals surface area (Å²) in [6, 6.07) is 9.38. The molecule has 0 aromatic heterocycles. The minimum Gasteiger partial charge on any atom is -0.370 e. The van der Waals surface area contributed by atoms with E-state index in [1.165, 1.54) is 6.07 Å². The number of hydrogen-bond donors (Lipinski definition) is 6. The number of alkyl halides is 3. The number of nitrogens with two attached hydrogens (primary N) is 2. The summed E-state index contributed by atoms with van der Waals surface area (Å²) >= 11 is 0. The third-order valence-electron chi connectivity index (χ3n) is 7.00. The summed E-state index contributed by atoms with van der Waals surface area (Å²) in [6.07, 6.45) is -1.25. The lowest BCUT2D eigenvalue weighted by atomic mass is 9.94. The van der Waals surface area contributed by atoms with Crippen LogP contribution in [0.5, 0.6) is 0 Å². The Morgan fingerprint density at radius 2 is 1.55 bits per heavy atom. The molecule has 8 N–H and O–H groups in total. The maximum Gasteiger partial charge on any atom is 0.416 e. The second kappa shape index (κ2) is 10.8. The van der Waals surface area contributed by atoms with E-state index in [1.807, 2.05) is 19.1 Å². The van der Waals surface area contributed by atoms with Gasteiger partial charge in [-0.25, -0.2) is 0 Å². The molecule has 1 unspecified atom stereocenters. The van der Waals surface area contributed by atoms with Crippen LogP contribution >= 0.6 is 0 Å². The van der Waals surface area contributed by atoms with Gasteiger partial charge >= 0.3 is 6.18 Å². The van der Waals surface area contributed by atoms with Crippen molar-refractivity contribution in [1.82, 2.24) is 9.80 Å². The van der Waals surface area contributed by atoms with Crippen LogP contribution in [0.2, 0.25) is 0 Å². The zero-order valence-corrected chi connectivity index (χ0v) is 21.1. The number of rotatable bonds is 5. The van der Waals surface area contributed by atoms with Crippen LogP contribution in [0.1, 0.15) is 46.9 Å². The molecule has 0 saturated carbocycles. The number of aliphatic hydroxyl groups excluding tert-OH is 1. The number of aryl methyl sites for hydroxylation is 1. The maximum atomic E-state index is 14.0. The molecule has 0 aliphatic carbocycles. The van der Waals surface area contributed by atoms with E-state index in [0.717, 1.165) is 34.8 Å². The SMILES string of the molecule is Cc1cc(NC(O)c2ccc(C3=CCN(C(=N)N)CC3)cc2C(F)(F)F)ccc1C1=CCN(C(=N)N)CC1. The van der Waals surface area contributed by atoms with Crippen LogP contribution < -0.4 is 16.8 Å². The molecule has 0 spiro atoms. The largest absolute Gasteiger partial charge is 0.416 e. The van der Waals surface area contributed by atoms with Crippen LogP contribution in [0.25, 0.3) is 11.1 Å². The molecule has 202 valence electrons. The first-order valence-electron chi connectivity index (χ1n) is 12.3. The van der Waals surface area contributed by atoms with E-state index in [2.05, 4.69) is 5.32 Å². The van der Waals surface area contributed by atoms with Crippen LogP contribution in [-0.4, -0.2) is 53.0 Å². The molecule has 2 heterocycles. The number of nitrogens with zero attached hydrogens (tertiary/aromatic N) is 2. The van der Waals surface area contributed by atoms with E-state index in [-0.39, 0.29) is 17.5 Å². The average molecular weight is 528 g/mol. The molecule has 2 aliphatic rings. The van der Waals surface area contributed by atoms with E-state index in [0.29, 0.717) is 43.9 Å². The van der Waals surface area contributed by atoms with Gasteiger partial charge < -0.3 is 31.7 Å². The smallest absolute Gasteiger partial charge is 0.370 e. The second-order valence-corrected chi connectivity index (χ2v) is 9.50. The first-order chi connectivity index (χ1) is 17.9. The fraction of sp³-hybridized carbons (Fsp3) is 0.333. The van der Waals surface area contributed by atoms with Crippen molar-refractivity contribution in [3.8, 4) is 0 Å². The molecule has 0 amide bonds. The minimum absolute atomic E-state index is 0.0342. The van der Waals surface area contributed by atoms with Crippen molar-refractivity contribution < 1.29 is 18.3 Å². The Morgan fingerprint density at radius 3 is 2.05 bits per heavy atom. The van der Waals surface area contributed by atoms with Crippen molar-refractivity contribution >= 4 is 28.8 Å². The molecule has 1 atom stereocenters. The molecule has 4 rings (SSSR count). The molecule has 0 fully saturated rings. The number of guanidine groups is 2. The third kappa shape index (κ3) is 5.94. The molecule has 0 saturated heterocycles. The van der Waals surface area contributed by atoms with Crippen LogP contribution in [0.4, 0.5) is 18.9 Å². The zero-order valence-electron chi connectivity index (χ0n) is 21.1. The summed E-state index contributed by atoms with van der Waals surface area (Å²) in [5, 5.41) is 28.7. The van der Waals surface area contributed by atoms with E-state index in [4.69, 9.17) is 22.3 Å². The molecule has 38 heavy (non-hydrogen) atoms. The van der Waals surface area contributed by atoms with Crippen LogP contribution in [-0.2, 0) is 6.18 Å². The quantitative estimate of drug-likeness (QED) is 0.197. The standard InChI is InChI=1S/C27H32F3N7O/c1-16-14-20(3-5-21(16)18-8-12-37(13-9-18)26(33)34)35-24(38)22-4-2-19(15-23(22)27(28,29)30)17-6-10-36(11-7-17)25(31)32/h2-6,8,14-15,24,35,38H,7,9-13H2,1H3,(H3,31,32)(H3,33,34). The van der Waals surface area contributed by atoms with Crippen molar-refractivity contribution in [2.45, 2.75) is 32.2 Å². The van der Waals surface area contributed by atoms with Crippen molar-refractivity contribution in [2.24, 2.45) is 11.5 Å². The highest BCUT2D eigenvalue weighted by Crippen LogP contribution is 2.38. The molecule has 2 aromatic rings. The predicted octanol–water partition coefficient (Wildman–Crippen LogP) is 4.08. The normalized spacial score (nSPS) is 17.0. The number of aliphatic hydroxyl groups is 1. The van der Waals surface area contributed by atoms with Crippen molar-refractivity contribution in [1.29, 1.82) is 10.8 Å². The molecule has 2 aliphatic heterocycles. The van der Waals surface area contributed by atoms with Gasteiger partial charge in [-0.15, -0.1) is 0 Å². The summed E-state index contributed by atoms with van der Waals surface area (Å²) in [7, 11) is 0. The highest BCUT2D eigenvalue weighted by atomic mass is 19.4. The van der Waals surface area contributed by atoms with Gasteiger partial charge in [-0.2, -0.15) is 13.2 Å². The fourth-order valence-electron chi connectivity index (χ4n) is 4.87. The summed E-state index contributed by atoms with van der Waals surface area (Å²) in [5.74, 6) is -0.0360. The first-order valence-corrected chi connectivity index (χ1v) is 12.3. The van der Waals surface area contributed by atoms with Crippen LogP contribution in [0.15, 0.2) is 48.6 Å². The number of nitrogens with one attached hydrogen (secondary N) is 3. The number of hydrogen-bond acceptors (Lipinski definition) is 4. The number of halogens is 3. The Kier molecular flexibility index (Phi) is 7.68. The summed E-state index contributed by atoms with van der Waals surface area (Å²) in [5.41, 5.74) is 14.6. The average Bonchev–Trinajstić information content (AvgIpc) is 2.88. The van der Waals surface area contributed by atoms with E-state index < -0.39 is 18.0 Å². The number of anilines is 1. The van der Waals surface area contributed by atoms with Gasteiger partial charge in [0.15, 0.2) is 18.1 Å². The molecule has 2 aromatic carbocycles. The van der Waals surface area contributed by atoms with Gasteiger partial charge in [-0.1, -0.05) is 30.4 Å². The minimum atomic E-state index is -4.66. The molecule has 8 nitrogen and oxygen atoms in total. The lowest BCUT2D eigenvalue weighted by molar-refractivity contribution is -0.139. The molecular formula is C27H32F3N7O. The van der Waals surface area contributed by atoms with E-state index in [1.54, 1.807) is 34.1 Å². The Labute approximate surface area is 219 Å². The summed E-state index contributed by atoms with van der Waals surface area (Å²) in [4.78, 5) is 3.40. The van der Waals surface area contributed by atoms with Crippen molar-refractivity contribution in [2.75, 3.05) is 31.5 Å². The van der Waals surface area contributed by atoms with Gasteiger partial charge in [0.1, 0.15) is 0 Å². The summed E-state index contributed by atoms with van der Waals surface area (Å²) < 4.78 is 42.1. The Hall–Kier alpha value is -3.99. The zero-order chi connectivity index (χ0) is 27.6. The molecule has 0 radical (unpaired) electrons. The van der Waals surface area contributed by atoms with Crippen molar-refractivity contribution in [3.63, 3.8) is 0 Å².